The second-order valence-corrected chi connectivity index (χ2v) is 3.96. The fraction of sp³-hybridized carbons (Fsp3) is 0.357. The first kappa shape index (κ1) is 15.0. The molecule has 104 valence electrons. The monoisotopic (exact) mass is 265 g/mol. The number of likely N-dealkylation sites (N-methyl/N-ethyl adjacent to an activating group) is 1. The van der Waals surface area contributed by atoms with Gasteiger partial charge in [0.25, 0.3) is 0 Å². The Hall–Kier alpha value is -2.01. The highest BCUT2D eigenvalue weighted by Crippen LogP contribution is 2.23. The highest BCUT2D eigenvalue weighted by atomic mass is 16.5. The average molecular weight is 265 g/mol. The lowest BCUT2D eigenvalue weighted by Gasteiger charge is -2.14. The number of phenols is 2. The zero-order valence-corrected chi connectivity index (χ0v) is 11.2. The summed E-state index contributed by atoms with van der Waals surface area (Å²) in [5.74, 6) is -1.07. The number of aromatic hydroxyl groups is 2. The maximum absolute atomic E-state index is 11.6. The van der Waals surface area contributed by atoms with Crippen molar-refractivity contribution in [2.75, 3.05) is 19.6 Å². The second kappa shape index (κ2) is 7.43. The highest BCUT2D eigenvalue weighted by Gasteiger charge is 2.11. The number of phenolic OH excluding ortho intramolecular Hbond substituents is 2. The molecule has 0 heterocycles. The van der Waals surface area contributed by atoms with E-state index in [1.165, 1.54) is 18.4 Å². The van der Waals surface area contributed by atoms with Gasteiger partial charge in [-0.1, -0.05) is 13.8 Å². The van der Waals surface area contributed by atoms with Crippen molar-refractivity contribution in [1.82, 2.24) is 4.90 Å². The molecule has 0 aliphatic carbocycles. The van der Waals surface area contributed by atoms with Gasteiger partial charge in [-0.3, -0.25) is 0 Å². The Kier molecular flexibility index (Phi) is 5.89. The second-order valence-electron chi connectivity index (χ2n) is 3.96. The van der Waals surface area contributed by atoms with Crippen molar-refractivity contribution < 1.29 is 19.7 Å². The Bertz CT molecular complexity index is 453. The van der Waals surface area contributed by atoms with Crippen LogP contribution in [0.1, 0.15) is 24.2 Å². The highest BCUT2D eigenvalue weighted by molar-refractivity contribution is 5.92. The van der Waals surface area contributed by atoms with Crippen molar-refractivity contribution in [2.24, 2.45) is 0 Å². The van der Waals surface area contributed by atoms with Gasteiger partial charge in [0.1, 0.15) is 17.1 Å². The van der Waals surface area contributed by atoms with Crippen LogP contribution in [0.25, 0.3) is 0 Å². The molecule has 0 aromatic heterocycles. The average Bonchev–Trinajstić information content (AvgIpc) is 2.38. The van der Waals surface area contributed by atoms with Gasteiger partial charge in [0, 0.05) is 12.6 Å². The lowest BCUT2D eigenvalue weighted by Crippen LogP contribution is -2.22. The number of esters is 1. The Morgan fingerprint density at radius 3 is 2.58 bits per heavy atom. The van der Waals surface area contributed by atoms with Crippen LogP contribution < -0.4 is 0 Å². The number of hydrogen-bond donors (Lipinski definition) is 2. The summed E-state index contributed by atoms with van der Waals surface area (Å²) in [7, 11) is 0. The molecule has 0 amide bonds. The summed E-state index contributed by atoms with van der Waals surface area (Å²) >= 11 is 0. The molecule has 19 heavy (non-hydrogen) atoms. The van der Waals surface area contributed by atoms with Gasteiger partial charge < -0.3 is 19.8 Å². The van der Waals surface area contributed by atoms with Crippen LogP contribution in [0, 0.1) is 0 Å². The fourth-order valence-corrected chi connectivity index (χ4v) is 1.54. The molecule has 1 rings (SSSR count). The molecule has 0 spiro atoms. The predicted molar refractivity (Wildman–Crippen MR) is 72.1 cm³/mol. The number of hydrogen-bond acceptors (Lipinski definition) is 5. The largest absolute Gasteiger partial charge is 0.508 e. The SMILES string of the molecule is CCN(CC)C/C=C\OC(=O)c1ccc(O)cc1O. The van der Waals surface area contributed by atoms with Gasteiger partial charge in [-0.15, -0.1) is 0 Å². The number of nitrogens with zero attached hydrogens (tertiary/aromatic N) is 1. The minimum Gasteiger partial charge on any atom is -0.508 e. The summed E-state index contributed by atoms with van der Waals surface area (Å²) in [5.41, 5.74) is 0.0188. The molecule has 0 bridgehead atoms. The van der Waals surface area contributed by atoms with Crippen molar-refractivity contribution in [3.63, 3.8) is 0 Å². The van der Waals surface area contributed by atoms with E-state index < -0.39 is 5.97 Å². The maximum atomic E-state index is 11.6. The van der Waals surface area contributed by atoms with Crippen LogP contribution >= 0.6 is 0 Å². The first-order chi connectivity index (χ1) is 9.08. The Balaban J connectivity index is 2.53. The summed E-state index contributed by atoms with van der Waals surface area (Å²) in [6.07, 6.45) is 3.05. The van der Waals surface area contributed by atoms with E-state index in [4.69, 9.17) is 9.84 Å². The molecule has 0 fully saturated rings. The first-order valence-electron chi connectivity index (χ1n) is 6.18. The quantitative estimate of drug-likeness (QED) is 0.609. The van der Waals surface area contributed by atoms with E-state index in [9.17, 15) is 9.90 Å². The van der Waals surface area contributed by atoms with E-state index in [1.54, 1.807) is 6.08 Å². The van der Waals surface area contributed by atoms with Crippen LogP contribution in [0.5, 0.6) is 11.5 Å². The molecular weight excluding hydrogens is 246 g/mol. The van der Waals surface area contributed by atoms with E-state index in [0.717, 1.165) is 19.2 Å². The van der Waals surface area contributed by atoms with Crippen LogP contribution in [-0.4, -0.2) is 40.7 Å². The number of rotatable bonds is 6. The Morgan fingerprint density at radius 2 is 2.00 bits per heavy atom. The normalized spacial score (nSPS) is 11.1. The molecule has 5 nitrogen and oxygen atoms in total. The van der Waals surface area contributed by atoms with E-state index in [-0.39, 0.29) is 17.1 Å². The predicted octanol–water partition coefficient (Wildman–Crippen LogP) is 2.11. The van der Waals surface area contributed by atoms with Gasteiger partial charge in [0.05, 0.1) is 6.26 Å². The van der Waals surface area contributed by atoms with E-state index in [0.29, 0.717) is 6.54 Å². The molecule has 0 aliphatic rings. The zero-order chi connectivity index (χ0) is 14.3. The Labute approximate surface area is 112 Å². The molecule has 0 aliphatic heterocycles. The third kappa shape index (κ3) is 4.63. The van der Waals surface area contributed by atoms with Crippen molar-refractivity contribution in [3.05, 3.63) is 36.1 Å². The lowest BCUT2D eigenvalue weighted by molar-refractivity contribution is 0.0658. The molecule has 1 aromatic carbocycles. The van der Waals surface area contributed by atoms with Gasteiger partial charge in [0.2, 0.25) is 0 Å². The van der Waals surface area contributed by atoms with Crippen molar-refractivity contribution in [2.45, 2.75) is 13.8 Å². The number of benzene rings is 1. The van der Waals surface area contributed by atoms with Crippen LogP contribution in [0.15, 0.2) is 30.5 Å². The summed E-state index contributed by atoms with van der Waals surface area (Å²) in [4.78, 5) is 13.8. The molecule has 5 heteroatoms. The fourth-order valence-electron chi connectivity index (χ4n) is 1.54. The summed E-state index contributed by atoms with van der Waals surface area (Å²) in [6, 6.07) is 3.72. The maximum Gasteiger partial charge on any atom is 0.346 e. The molecular formula is C14H19NO4. The molecule has 0 saturated carbocycles. The van der Waals surface area contributed by atoms with E-state index in [1.807, 2.05) is 0 Å². The minimum atomic E-state index is -0.659. The third-order valence-corrected chi connectivity index (χ3v) is 2.73. The van der Waals surface area contributed by atoms with Crippen molar-refractivity contribution >= 4 is 5.97 Å². The minimum absolute atomic E-state index is 0.0188. The van der Waals surface area contributed by atoms with Crippen molar-refractivity contribution in [1.29, 1.82) is 0 Å². The number of ether oxygens (including phenoxy) is 1. The summed E-state index contributed by atoms with van der Waals surface area (Å²) in [5, 5.41) is 18.6. The Morgan fingerprint density at radius 1 is 1.32 bits per heavy atom. The zero-order valence-electron chi connectivity index (χ0n) is 11.2. The van der Waals surface area contributed by atoms with Gasteiger partial charge in [-0.2, -0.15) is 0 Å². The molecule has 0 radical (unpaired) electrons. The van der Waals surface area contributed by atoms with Crippen LogP contribution in [-0.2, 0) is 4.74 Å². The van der Waals surface area contributed by atoms with E-state index >= 15 is 0 Å². The number of carbonyl (C=O) groups is 1. The first-order valence-corrected chi connectivity index (χ1v) is 6.18. The van der Waals surface area contributed by atoms with Crippen LogP contribution in [0.2, 0.25) is 0 Å². The summed E-state index contributed by atoms with van der Waals surface area (Å²) < 4.78 is 4.90. The smallest absolute Gasteiger partial charge is 0.346 e. The summed E-state index contributed by atoms with van der Waals surface area (Å²) in [6.45, 7) is 6.65. The van der Waals surface area contributed by atoms with Gasteiger partial charge in [-0.05, 0) is 31.3 Å². The van der Waals surface area contributed by atoms with Crippen LogP contribution in [0.3, 0.4) is 0 Å². The molecule has 0 unspecified atom stereocenters. The molecule has 1 aromatic rings. The van der Waals surface area contributed by atoms with Gasteiger partial charge >= 0.3 is 5.97 Å². The molecule has 2 N–H and O–H groups in total. The third-order valence-electron chi connectivity index (χ3n) is 2.73. The van der Waals surface area contributed by atoms with Gasteiger partial charge in [0.15, 0.2) is 0 Å². The number of carbonyl (C=O) groups excluding carboxylic acids is 1. The molecule has 0 atom stereocenters. The topological polar surface area (TPSA) is 70.0 Å². The van der Waals surface area contributed by atoms with E-state index in [2.05, 4.69) is 18.7 Å². The van der Waals surface area contributed by atoms with Crippen molar-refractivity contribution in [3.8, 4) is 11.5 Å². The van der Waals surface area contributed by atoms with Crippen LogP contribution in [0.4, 0.5) is 0 Å². The van der Waals surface area contributed by atoms with Gasteiger partial charge in [-0.25, -0.2) is 4.79 Å². The lowest BCUT2D eigenvalue weighted by atomic mass is 10.2. The standard InChI is InChI=1S/C14H19NO4/c1-3-15(4-2)8-5-9-19-14(18)12-7-6-11(16)10-13(12)17/h5-7,9-10,16-17H,3-4,8H2,1-2H3/b9-5-. The molecule has 0 saturated heterocycles.